The SMILES string of the molecule is O=C(NCCCN1CCCCC1)c1ccccc1SCc1cccs1. The van der Waals surface area contributed by atoms with Crippen molar-refractivity contribution in [2.75, 3.05) is 26.2 Å². The maximum atomic E-state index is 12.5. The minimum atomic E-state index is 0.0490. The van der Waals surface area contributed by atoms with E-state index in [1.165, 1.54) is 37.2 Å². The number of piperidine rings is 1. The highest BCUT2D eigenvalue weighted by Crippen LogP contribution is 2.27. The summed E-state index contributed by atoms with van der Waals surface area (Å²) < 4.78 is 0. The van der Waals surface area contributed by atoms with Crippen molar-refractivity contribution in [3.63, 3.8) is 0 Å². The Kier molecular flexibility index (Phi) is 7.39. The van der Waals surface area contributed by atoms with Crippen molar-refractivity contribution in [1.29, 1.82) is 0 Å². The molecule has 1 fully saturated rings. The van der Waals surface area contributed by atoms with Crippen LogP contribution in [0.25, 0.3) is 0 Å². The van der Waals surface area contributed by atoms with Gasteiger partial charge in [0.1, 0.15) is 0 Å². The van der Waals surface area contributed by atoms with Crippen LogP contribution in [-0.4, -0.2) is 37.0 Å². The van der Waals surface area contributed by atoms with Gasteiger partial charge >= 0.3 is 0 Å². The molecule has 0 aliphatic carbocycles. The fraction of sp³-hybridized carbons (Fsp3) is 0.450. The summed E-state index contributed by atoms with van der Waals surface area (Å²) in [4.78, 5) is 17.5. The Hall–Kier alpha value is -1.30. The van der Waals surface area contributed by atoms with E-state index < -0.39 is 0 Å². The van der Waals surface area contributed by atoms with E-state index in [9.17, 15) is 4.79 Å². The molecule has 134 valence electrons. The van der Waals surface area contributed by atoms with Crippen LogP contribution in [0.4, 0.5) is 0 Å². The molecule has 0 bridgehead atoms. The predicted molar refractivity (Wildman–Crippen MR) is 108 cm³/mol. The first-order chi connectivity index (χ1) is 12.3. The number of nitrogens with one attached hydrogen (secondary N) is 1. The summed E-state index contributed by atoms with van der Waals surface area (Å²) in [7, 11) is 0. The van der Waals surface area contributed by atoms with Gasteiger partial charge in [0.2, 0.25) is 0 Å². The van der Waals surface area contributed by atoms with E-state index in [0.717, 1.165) is 35.7 Å². The molecule has 1 aromatic heterocycles. The van der Waals surface area contributed by atoms with Crippen LogP contribution < -0.4 is 5.32 Å². The second-order valence-electron chi connectivity index (χ2n) is 6.38. The summed E-state index contributed by atoms with van der Waals surface area (Å²) >= 11 is 3.50. The molecule has 0 saturated carbocycles. The van der Waals surface area contributed by atoms with Gasteiger partial charge < -0.3 is 10.2 Å². The van der Waals surface area contributed by atoms with Crippen molar-refractivity contribution >= 4 is 29.0 Å². The Morgan fingerprint density at radius 1 is 1.12 bits per heavy atom. The second kappa shape index (κ2) is 10.00. The fourth-order valence-corrected chi connectivity index (χ4v) is 4.93. The molecule has 1 amide bonds. The molecule has 0 atom stereocenters. The van der Waals surface area contributed by atoms with Gasteiger partial charge in [-0.2, -0.15) is 0 Å². The monoisotopic (exact) mass is 374 g/mol. The molecular weight excluding hydrogens is 348 g/mol. The number of nitrogens with zero attached hydrogens (tertiary/aromatic N) is 1. The zero-order chi connectivity index (χ0) is 17.3. The molecule has 1 aliphatic rings. The maximum Gasteiger partial charge on any atom is 0.252 e. The van der Waals surface area contributed by atoms with E-state index in [-0.39, 0.29) is 5.91 Å². The van der Waals surface area contributed by atoms with E-state index in [0.29, 0.717) is 0 Å². The van der Waals surface area contributed by atoms with Crippen LogP contribution in [-0.2, 0) is 5.75 Å². The number of likely N-dealkylation sites (tertiary alicyclic amines) is 1. The number of benzene rings is 1. The standard InChI is InChI=1S/C20H26N2OS2/c23-20(21-11-7-14-22-12-4-1-5-13-22)18-9-2-3-10-19(18)25-16-17-8-6-15-24-17/h2-3,6,8-10,15H,1,4-5,7,11-14,16H2,(H,21,23). The van der Waals surface area contributed by atoms with Gasteiger partial charge in [-0.05, 0) is 62.5 Å². The molecule has 3 rings (SSSR count). The zero-order valence-corrected chi connectivity index (χ0v) is 16.2. The first kappa shape index (κ1) is 18.5. The van der Waals surface area contributed by atoms with E-state index in [2.05, 4.69) is 27.7 Å². The van der Waals surface area contributed by atoms with E-state index in [1.54, 1.807) is 23.1 Å². The second-order valence-corrected chi connectivity index (χ2v) is 8.43. The van der Waals surface area contributed by atoms with Gasteiger partial charge in [0.25, 0.3) is 5.91 Å². The van der Waals surface area contributed by atoms with Gasteiger partial charge in [-0.25, -0.2) is 0 Å². The smallest absolute Gasteiger partial charge is 0.252 e. The van der Waals surface area contributed by atoms with Gasteiger partial charge in [0.05, 0.1) is 5.56 Å². The number of amides is 1. The Bertz CT molecular complexity index is 651. The van der Waals surface area contributed by atoms with Crippen molar-refractivity contribution in [1.82, 2.24) is 10.2 Å². The molecule has 5 heteroatoms. The number of hydrogen-bond acceptors (Lipinski definition) is 4. The highest BCUT2D eigenvalue weighted by molar-refractivity contribution is 7.98. The molecule has 2 aromatic rings. The molecule has 1 N–H and O–H groups in total. The normalized spacial score (nSPS) is 15.2. The first-order valence-electron chi connectivity index (χ1n) is 9.08. The Morgan fingerprint density at radius 2 is 1.96 bits per heavy atom. The fourth-order valence-electron chi connectivity index (χ4n) is 3.11. The molecule has 0 radical (unpaired) electrons. The molecule has 3 nitrogen and oxygen atoms in total. The highest BCUT2D eigenvalue weighted by atomic mass is 32.2. The Morgan fingerprint density at radius 3 is 2.76 bits per heavy atom. The average molecular weight is 375 g/mol. The van der Waals surface area contributed by atoms with Crippen molar-refractivity contribution in [2.24, 2.45) is 0 Å². The third-order valence-corrected chi connectivity index (χ3v) is 6.65. The molecule has 1 aliphatic heterocycles. The van der Waals surface area contributed by atoms with Gasteiger partial charge in [0.15, 0.2) is 0 Å². The number of carbonyl (C=O) groups excluding carboxylic acids is 1. The highest BCUT2D eigenvalue weighted by Gasteiger charge is 2.12. The largest absolute Gasteiger partial charge is 0.352 e. The lowest BCUT2D eigenvalue weighted by Crippen LogP contribution is -2.33. The summed E-state index contributed by atoms with van der Waals surface area (Å²) in [5.74, 6) is 0.963. The quantitative estimate of drug-likeness (QED) is 0.539. The Balaban J connectivity index is 1.46. The third-order valence-electron chi connectivity index (χ3n) is 4.47. The van der Waals surface area contributed by atoms with Crippen LogP contribution in [0, 0.1) is 0 Å². The molecule has 1 saturated heterocycles. The van der Waals surface area contributed by atoms with Crippen molar-refractivity contribution < 1.29 is 4.79 Å². The van der Waals surface area contributed by atoms with Gasteiger partial charge in [0, 0.05) is 22.1 Å². The van der Waals surface area contributed by atoms with Crippen LogP contribution in [0.15, 0.2) is 46.7 Å². The van der Waals surface area contributed by atoms with Crippen LogP contribution in [0.2, 0.25) is 0 Å². The Labute approximate surface area is 158 Å². The summed E-state index contributed by atoms with van der Waals surface area (Å²) in [5, 5.41) is 5.19. The minimum Gasteiger partial charge on any atom is -0.352 e. The van der Waals surface area contributed by atoms with Crippen molar-refractivity contribution in [2.45, 2.75) is 36.3 Å². The van der Waals surface area contributed by atoms with Crippen molar-refractivity contribution in [3.05, 3.63) is 52.2 Å². The van der Waals surface area contributed by atoms with Crippen LogP contribution >= 0.6 is 23.1 Å². The first-order valence-corrected chi connectivity index (χ1v) is 10.9. The van der Waals surface area contributed by atoms with Gasteiger partial charge in [-0.15, -0.1) is 23.1 Å². The average Bonchev–Trinajstić information content (AvgIpc) is 3.18. The number of hydrogen-bond donors (Lipinski definition) is 1. The van der Waals surface area contributed by atoms with Crippen LogP contribution in [0.5, 0.6) is 0 Å². The molecule has 0 unspecified atom stereocenters. The molecule has 2 heterocycles. The summed E-state index contributed by atoms with van der Waals surface area (Å²) in [6, 6.07) is 12.1. The molecule has 25 heavy (non-hydrogen) atoms. The number of carbonyl (C=O) groups is 1. The van der Waals surface area contributed by atoms with E-state index >= 15 is 0 Å². The summed E-state index contributed by atoms with van der Waals surface area (Å²) in [6.07, 6.45) is 5.03. The van der Waals surface area contributed by atoms with Crippen LogP contribution in [0.1, 0.15) is 40.9 Å². The molecule has 1 aromatic carbocycles. The van der Waals surface area contributed by atoms with E-state index in [4.69, 9.17) is 0 Å². The third kappa shape index (κ3) is 5.87. The lowest BCUT2D eigenvalue weighted by Gasteiger charge is -2.26. The summed E-state index contributed by atoms with van der Waals surface area (Å²) in [5.41, 5.74) is 0.794. The maximum absolute atomic E-state index is 12.5. The lowest BCUT2D eigenvalue weighted by atomic mass is 10.1. The minimum absolute atomic E-state index is 0.0490. The van der Waals surface area contributed by atoms with Gasteiger partial charge in [-0.3, -0.25) is 4.79 Å². The van der Waals surface area contributed by atoms with Gasteiger partial charge in [-0.1, -0.05) is 24.6 Å². The summed E-state index contributed by atoms with van der Waals surface area (Å²) in [6.45, 7) is 4.28. The topological polar surface area (TPSA) is 32.3 Å². The molecule has 0 spiro atoms. The predicted octanol–water partition coefficient (Wildman–Crippen LogP) is 4.65. The number of thiophene rings is 1. The number of rotatable bonds is 8. The van der Waals surface area contributed by atoms with Crippen LogP contribution in [0.3, 0.4) is 0 Å². The van der Waals surface area contributed by atoms with Crippen molar-refractivity contribution in [3.8, 4) is 0 Å². The van der Waals surface area contributed by atoms with E-state index in [1.807, 2.05) is 24.3 Å². The molecular formula is C20H26N2OS2. The number of thioether (sulfide) groups is 1. The lowest BCUT2D eigenvalue weighted by molar-refractivity contribution is 0.0948. The zero-order valence-electron chi connectivity index (χ0n) is 14.6.